The van der Waals surface area contributed by atoms with E-state index < -0.39 is 33.1 Å². The van der Waals surface area contributed by atoms with E-state index in [0.717, 1.165) is 18.2 Å². The van der Waals surface area contributed by atoms with Gasteiger partial charge >= 0.3 is 0 Å². The van der Waals surface area contributed by atoms with Crippen molar-refractivity contribution in [3.63, 3.8) is 0 Å². The van der Waals surface area contributed by atoms with Gasteiger partial charge in [-0.1, -0.05) is 0 Å². The Balaban J connectivity index is 2.35. The first-order chi connectivity index (χ1) is 12.1. The molecule has 0 atom stereocenters. The van der Waals surface area contributed by atoms with Gasteiger partial charge in [0.05, 0.1) is 22.5 Å². The summed E-state index contributed by atoms with van der Waals surface area (Å²) in [6.45, 7) is 1.30. The fraction of sp³-hybridized carbons (Fsp3) is 0.0625. The molecule has 0 spiro atoms. The number of carboxylic acids is 2. The summed E-state index contributed by atoms with van der Waals surface area (Å²) in [5.74, 6) is -3.67. The standard InChI is InChI=1S/C16H14N2O7S/c1-9(19)17-12-2-4-14(5-3-12)26(24,25)18-13-7-10(15(20)21)6-11(8-13)16(22)23/h2-8,18H,1H3,(H,17,19)(H,20,21)(H,22,23)/p-2. The number of carboxylic acid groups (broad SMARTS) is 2. The number of rotatable bonds is 6. The molecule has 0 saturated heterocycles. The van der Waals surface area contributed by atoms with Gasteiger partial charge in [0.15, 0.2) is 0 Å². The van der Waals surface area contributed by atoms with Gasteiger partial charge in [-0.25, -0.2) is 8.42 Å². The lowest BCUT2D eigenvalue weighted by molar-refractivity contribution is -0.255. The van der Waals surface area contributed by atoms with Gasteiger partial charge in [-0.3, -0.25) is 9.52 Å². The highest BCUT2D eigenvalue weighted by Gasteiger charge is 2.15. The van der Waals surface area contributed by atoms with Gasteiger partial charge in [0.2, 0.25) is 5.91 Å². The summed E-state index contributed by atoms with van der Waals surface area (Å²) < 4.78 is 26.8. The SMILES string of the molecule is CC(=O)Nc1ccc(S(=O)(=O)Nc2cc(C(=O)[O-])cc(C(=O)[O-])c2)cc1. The molecule has 0 fully saturated rings. The van der Waals surface area contributed by atoms with Crippen LogP contribution in [-0.2, 0) is 14.8 Å². The monoisotopic (exact) mass is 376 g/mol. The molecular formula is C16H12N2O7S-2. The molecule has 0 aliphatic heterocycles. The third kappa shape index (κ3) is 4.57. The van der Waals surface area contributed by atoms with Gasteiger partial charge in [0, 0.05) is 12.6 Å². The van der Waals surface area contributed by atoms with E-state index in [1.54, 1.807) is 0 Å². The predicted octanol–water partition coefficient (Wildman–Crippen LogP) is -0.827. The summed E-state index contributed by atoms with van der Waals surface area (Å²) in [7, 11) is -4.13. The third-order valence-corrected chi connectivity index (χ3v) is 4.54. The van der Waals surface area contributed by atoms with Crippen LogP contribution in [0.5, 0.6) is 0 Å². The molecular weight excluding hydrogens is 364 g/mol. The van der Waals surface area contributed by atoms with Gasteiger partial charge < -0.3 is 25.1 Å². The lowest BCUT2D eigenvalue weighted by atomic mass is 10.1. The number of hydrogen-bond acceptors (Lipinski definition) is 7. The number of hydrogen-bond donors (Lipinski definition) is 2. The molecule has 2 aromatic carbocycles. The summed E-state index contributed by atoms with van der Waals surface area (Å²) in [6, 6.07) is 7.80. The molecule has 0 saturated carbocycles. The van der Waals surface area contributed by atoms with Crippen molar-refractivity contribution in [1.82, 2.24) is 0 Å². The highest BCUT2D eigenvalue weighted by atomic mass is 32.2. The number of sulfonamides is 1. The van der Waals surface area contributed by atoms with Crippen molar-refractivity contribution in [3.8, 4) is 0 Å². The number of benzene rings is 2. The zero-order valence-corrected chi connectivity index (χ0v) is 14.1. The van der Waals surface area contributed by atoms with Crippen molar-refractivity contribution >= 4 is 39.2 Å². The largest absolute Gasteiger partial charge is 0.545 e. The number of nitrogens with one attached hydrogen (secondary N) is 2. The number of anilines is 2. The normalized spacial score (nSPS) is 10.8. The van der Waals surface area contributed by atoms with E-state index in [2.05, 4.69) is 10.0 Å². The van der Waals surface area contributed by atoms with E-state index in [9.17, 15) is 33.0 Å². The predicted molar refractivity (Wildman–Crippen MR) is 86.7 cm³/mol. The van der Waals surface area contributed by atoms with Gasteiger partial charge in [-0.15, -0.1) is 0 Å². The average Bonchev–Trinajstić information content (AvgIpc) is 2.54. The van der Waals surface area contributed by atoms with E-state index in [1.807, 2.05) is 0 Å². The van der Waals surface area contributed by atoms with Crippen molar-refractivity contribution in [3.05, 3.63) is 53.6 Å². The first kappa shape index (κ1) is 18.9. The summed E-state index contributed by atoms with van der Waals surface area (Å²) >= 11 is 0. The molecule has 136 valence electrons. The molecule has 0 aliphatic rings. The Hall–Kier alpha value is -3.40. The molecule has 2 rings (SSSR count). The molecule has 10 heteroatoms. The Morgan fingerprint density at radius 3 is 1.77 bits per heavy atom. The maximum Gasteiger partial charge on any atom is 0.261 e. The molecule has 0 aromatic heterocycles. The average molecular weight is 376 g/mol. The van der Waals surface area contributed by atoms with Gasteiger partial charge in [0.25, 0.3) is 10.0 Å². The van der Waals surface area contributed by atoms with Gasteiger partial charge in [-0.2, -0.15) is 0 Å². The van der Waals surface area contributed by atoms with Gasteiger partial charge in [-0.05, 0) is 53.6 Å². The molecule has 0 heterocycles. The van der Waals surface area contributed by atoms with E-state index in [1.165, 1.54) is 31.2 Å². The molecule has 26 heavy (non-hydrogen) atoms. The Bertz CT molecular complexity index is 950. The third-order valence-electron chi connectivity index (χ3n) is 3.14. The Kier molecular flexibility index (Phi) is 5.27. The lowest BCUT2D eigenvalue weighted by Crippen LogP contribution is -2.26. The zero-order chi connectivity index (χ0) is 19.5. The lowest BCUT2D eigenvalue weighted by Gasteiger charge is -2.13. The van der Waals surface area contributed by atoms with E-state index in [4.69, 9.17) is 0 Å². The molecule has 2 aromatic rings. The second-order valence-electron chi connectivity index (χ2n) is 5.19. The van der Waals surface area contributed by atoms with Crippen molar-refractivity contribution in [2.24, 2.45) is 0 Å². The summed E-state index contributed by atoms with van der Waals surface area (Å²) in [4.78, 5) is 32.7. The van der Waals surface area contributed by atoms with Crippen LogP contribution in [0.15, 0.2) is 47.4 Å². The minimum atomic E-state index is -4.13. The first-order valence-electron chi connectivity index (χ1n) is 7.07. The maximum atomic E-state index is 12.4. The second kappa shape index (κ2) is 7.23. The maximum absolute atomic E-state index is 12.4. The van der Waals surface area contributed by atoms with Crippen LogP contribution in [0, 0.1) is 0 Å². The van der Waals surface area contributed by atoms with Crippen LogP contribution in [0.3, 0.4) is 0 Å². The van der Waals surface area contributed by atoms with Crippen LogP contribution in [0.4, 0.5) is 11.4 Å². The molecule has 1 amide bonds. The van der Waals surface area contributed by atoms with E-state index in [0.29, 0.717) is 5.69 Å². The fourth-order valence-corrected chi connectivity index (χ4v) is 3.10. The second-order valence-corrected chi connectivity index (χ2v) is 6.87. The summed E-state index contributed by atoms with van der Waals surface area (Å²) in [6.07, 6.45) is 0. The minimum absolute atomic E-state index is 0.180. The summed E-state index contributed by atoms with van der Waals surface area (Å²) in [5.41, 5.74) is -0.942. The van der Waals surface area contributed by atoms with E-state index in [-0.39, 0.29) is 16.5 Å². The van der Waals surface area contributed by atoms with Crippen LogP contribution in [-0.4, -0.2) is 26.3 Å². The highest BCUT2D eigenvalue weighted by molar-refractivity contribution is 7.92. The number of carbonyl (C=O) groups excluding carboxylic acids is 3. The van der Waals surface area contributed by atoms with Crippen molar-refractivity contribution in [1.29, 1.82) is 0 Å². The highest BCUT2D eigenvalue weighted by Crippen LogP contribution is 2.20. The van der Waals surface area contributed by atoms with Crippen LogP contribution in [0.2, 0.25) is 0 Å². The summed E-state index contributed by atoms with van der Waals surface area (Å²) in [5, 5.41) is 24.4. The van der Waals surface area contributed by atoms with Crippen molar-refractivity contribution in [2.75, 3.05) is 10.0 Å². The Morgan fingerprint density at radius 2 is 1.35 bits per heavy atom. The Morgan fingerprint density at radius 1 is 0.846 bits per heavy atom. The van der Waals surface area contributed by atoms with E-state index >= 15 is 0 Å². The zero-order valence-electron chi connectivity index (χ0n) is 13.3. The smallest absolute Gasteiger partial charge is 0.261 e. The van der Waals surface area contributed by atoms with Gasteiger partial charge in [0.1, 0.15) is 0 Å². The fourth-order valence-electron chi connectivity index (χ4n) is 2.06. The molecule has 0 radical (unpaired) electrons. The van der Waals surface area contributed by atoms with Crippen molar-refractivity contribution < 1.29 is 33.0 Å². The van der Waals surface area contributed by atoms with Crippen LogP contribution in [0.1, 0.15) is 27.6 Å². The van der Waals surface area contributed by atoms with Crippen LogP contribution >= 0.6 is 0 Å². The number of aromatic carboxylic acids is 2. The Labute approximate surface area is 148 Å². The molecule has 0 bridgehead atoms. The molecule has 0 unspecified atom stereocenters. The van der Waals surface area contributed by atoms with Crippen LogP contribution in [0.25, 0.3) is 0 Å². The first-order valence-corrected chi connectivity index (χ1v) is 8.55. The topological polar surface area (TPSA) is 156 Å². The van der Waals surface area contributed by atoms with Crippen LogP contribution < -0.4 is 20.3 Å². The number of amides is 1. The quantitative estimate of drug-likeness (QED) is 0.666. The van der Waals surface area contributed by atoms with Crippen molar-refractivity contribution in [2.45, 2.75) is 11.8 Å². The molecule has 2 N–H and O–H groups in total. The minimum Gasteiger partial charge on any atom is -0.545 e. The number of carbonyl (C=O) groups is 3. The molecule has 9 nitrogen and oxygen atoms in total. The molecule has 0 aliphatic carbocycles.